The number of oxazole rings is 1. The number of aliphatic hydroxyl groups is 1. The van der Waals surface area contributed by atoms with E-state index in [2.05, 4.69) is 31.3 Å². The van der Waals surface area contributed by atoms with Gasteiger partial charge in [0.1, 0.15) is 17.8 Å². The topological polar surface area (TPSA) is 103 Å². The van der Waals surface area contributed by atoms with Gasteiger partial charge in [-0.15, -0.1) is 0 Å². The van der Waals surface area contributed by atoms with Gasteiger partial charge >= 0.3 is 0 Å². The molecule has 2 heterocycles. The molecule has 1 amide bonds. The summed E-state index contributed by atoms with van der Waals surface area (Å²) in [5.41, 5.74) is 3.40. The normalized spacial score (nSPS) is 15.6. The molecule has 0 fully saturated rings. The van der Waals surface area contributed by atoms with Crippen molar-refractivity contribution in [3.63, 3.8) is 0 Å². The van der Waals surface area contributed by atoms with Crippen LogP contribution in [0.5, 0.6) is 5.75 Å². The summed E-state index contributed by atoms with van der Waals surface area (Å²) in [4.78, 5) is 18.5. The second-order valence-corrected chi connectivity index (χ2v) is 8.04. The third-order valence-corrected chi connectivity index (χ3v) is 5.63. The Kier molecular flexibility index (Phi) is 6.15. The lowest BCUT2D eigenvalue weighted by Gasteiger charge is -2.28. The molecule has 0 saturated heterocycles. The molecule has 10 heteroatoms. The quantitative estimate of drug-likeness (QED) is 0.534. The monoisotopic (exact) mass is 499 g/mol. The van der Waals surface area contributed by atoms with Crippen molar-refractivity contribution in [2.45, 2.75) is 13.2 Å². The van der Waals surface area contributed by atoms with Crippen molar-refractivity contribution in [3.05, 3.63) is 58.5 Å². The summed E-state index contributed by atoms with van der Waals surface area (Å²) in [5.74, 6) is 1.05. The third-order valence-electron chi connectivity index (χ3n) is 4.97. The number of aliphatic hydroxyl groups excluding tert-OH is 1. The van der Waals surface area contributed by atoms with Crippen molar-refractivity contribution >= 4 is 50.5 Å². The van der Waals surface area contributed by atoms with E-state index in [1.54, 1.807) is 51.6 Å². The minimum Gasteiger partial charge on any atom is -0.497 e. The van der Waals surface area contributed by atoms with Gasteiger partial charge in [-0.2, -0.15) is 5.10 Å². The summed E-state index contributed by atoms with van der Waals surface area (Å²) in [6.07, 6.45) is 2.08. The number of allylic oxidation sites excluding steroid dienone is 1. The van der Waals surface area contributed by atoms with Crippen LogP contribution in [0.25, 0.3) is 11.1 Å². The van der Waals surface area contributed by atoms with Crippen molar-refractivity contribution in [3.8, 4) is 5.75 Å². The highest BCUT2D eigenvalue weighted by atomic mass is 79.9. The Morgan fingerprint density at radius 1 is 1.34 bits per heavy atom. The Hall–Kier alpha value is -3.37. The largest absolute Gasteiger partial charge is 0.497 e. The molecule has 0 saturated carbocycles. The van der Waals surface area contributed by atoms with Crippen molar-refractivity contribution in [1.82, 2.24) is 9.99 Å². The first-order chi connectivity index (χ1) is 15.3. The molecule has 32 heavy (non-hydrogen) atoms. The molecule has 0 radical (unpaired) electrons. The number of benzene rings is 2. The van der Waals surface area contributed by atoms with Crippen LogP contribution in [-0.4, -0.2) is 54.2 Å². The predicted octanol–water partition coefficient (Wildman–Crippen LogP) is 3.49. The number of hydrazone groups is 1. The maximum absolute atomic E-state index is 12.8. The van der Waals surface area contributed by atoms with Crippen LogP contribution in [0.3, 0.4) is 0 Å². The average Bonchev–Trinajstić information content (AvgIpc) is 3.15. The Morgan fingerprint density at radius 3 is 2.88 bits per heavy atom. The number of hydrogen-bond donors (Lipinski definition) is 2. The lowest BCUT2D eigenvalue weighted by Crippen LogP contribution is -2.42. The first-order valence-corrected chi connectivity index (χ1v) is 10.6. The molecule has 0 spiro atoms. The number of anilines is 2. The van der Waals surface area contributed by atoms with Crippen LogP contribution in [0, 0.1) is 6.92 Å². The number of hydrogen-bond acceptors (Lipinski definition) is 8. The van der Waals surface area contributed by atoms with E-state index in [1.807, 2.05) is 18.2 Å². The summed E-state index contributed by atoms with van der Waals surface area (Å²) in [7, 11) is 3.26. The molecular formula is C22H22BrN5O4. The second-order valence-electron chi connectivity index (χ2n) is 7.19. The SMILES string of the molecule is COc1ccc(NC2=CC(O)N(CC(=O)N(C)c3ccc4nc(C)oc4c3)N=C2)c(Br)c1. The molecule has 2 N–H and O–H groups in total. The highest BCUT2D eigenvalue weighted by Gasteiger charge is 2.22. The number of ether oxygens (including phenoxy) is 1. The third kappa shape index (κ3) is 4.61. The van der Waals surface area contributed by atoms with Crippen LogP contribution < -0.4 is 15.0 Å². The number of carbonyl (C=O) groups excluding carboxylic acids is 1. The average molecular weight is 500 g/mol. The summed E-state index contributed by atoms with van der Waals surface area (Å²) in [5, 5.41) is 19.2. The highest BCUT2D eigenvalue weighted by Crippen LogP contribution is 2.28. The zero-order valence-electron chi connectivity index (χ0n) is 17.7. The van der Waals surface area contributed by atoms with Gasteiger partial charge in [-0.05, 0) is 52.3 Å². The predicted molar refractivity (Wildman–Crippen MR) is 126 cm³/mol. The molecule has 2 aromatic carbocycles. The fraction of sp³-hybridized carbons (Fsp3) is 0.227. The minimum absolute atomic E-state index is 0.0996. The zero-order chi connectivity index (χ0) is 22.8. The van der Waals surface area contributed by atoms with E-state index in [0.717, 1.165) is 21.4 Å². The number of carbonyl (C=O) groups is 1. The number of methoxy groups -OCH3 is 1. The number of aromatic nitrogens is 1. The Morgan fingerprint density at radius 2 is 2.16 bits per heavy atom. The van der Waals surface area contributed by atoms with Crippen LogP contribution in [0.2, 0.25) is 0 Å². The number of fused-ring (bicyclic) bond motifs is 1. The van der Waals surface area contributed by atoms with Gasteiger partial charge < -0.3 is 24.5 Å². The minimum atomic E-state index is -1.06. The first kappa shape index (κ1) is 21.8. The van der Waals surface area contributed by atoms with Gasteiger partial charge in [0.25, 0.3) is 0 Å². The number of halogens is 1. The molecule has 9 nitrogen and oxygen atoms in total. The van der Waals surface area contributed by atoms with Crippen LogP contribution in [0.15, 0.2) is 62.2 Å². The van der Waals surface area contributed by atoms with Crippen molar-refractivity contribution in [1.29, 1.82) is 0 Å². The van der Waals surface area contributed by atoms with Gasteiger partial charge in [0.15, 0.2) is 17.7 Å². The second kappa shape index (κ2) is 9.01. The molecule has 3 aromatic rings. The summed E-state index contributed by atoms with van der Waals surface area (Å²) >= 11 is 3.48. The molecule has 1 aliphatic heterocycles. The van der Waals surface area contributed by atoms with Crippen LogP contribution in [0.1, 0.15) is 5.89 Å². The zero-order valence-corrected chi connectivity index (χ0v) is 19.3. The van der Waals surface area contributed by atoms with Crippen LogP contribution in [0.4, 0.5) is 11.4 Å². The smallest absolute Gasteiger partial charge is 0.248 e. The van der Waals surface area contributed by atoms with Crippen molar-refractivity contribution in [2.75, 3.05) is 30.9 Å². The molecule has 1 unspecified atom stereocenters. The van der Waals surface area contributed by atoms with E-state index in [1.165, 1.54) is 9.91 Å². The van der Waals surface area contributed by atoms with Gasteiger partial charge in [-0.3, -0.25) is 9.80 Å². The van der Waals surface area contributed by atoms with E-state index in [-0.39, 0.29) is 12.5 Å². The van der Waals surface area contributed by atoms with Crippen molar-refractivity contribution < 1.29 is 19.1 Å². The van der Waals surface area contributed by atoms with Crippen molar-refractivity contribution in [2.24, 2.45) is 5.10 Å². The molecular weight excluding hydrogens is 478 g/mol. The first-order valence-electron chi connectivity index (χ1n) is 9.79. The summed E-state index contributed by atoms with van der Waals surface area (Å²) < 4.78 is 11.5. The standard InChI is InChI=1S/C22H22BrN5O4/c1-13-25-19-6-4-15(9-20(19)32-13)27(2)22(30)12-28-21(29)8-14(11-24-28)26-18-7-5-16(31-3)10-17(18)23/h4-11,21,26,29H,12H2,1-3H3. The number of rotatable bonds is 6. The summed E-state index contributed by atoms with van der Waals surface area (Å²) in [6.45, 7) is 1.67. The van der Waals surface area contributed by atoms with E-state index >= 15 is 0 Å². The Balaban J connectivity index is 1.40. The number of nitrogens with zero attached hydrogens (tertiary/aromatic N) is 4. The molecule has 1 atom stereocenters. The number of nitrogens with one attached hydrogen (secondary N) is 1. The molecule has 1 aromatic heterocycles. The van der Waals surface area contributed by atoms with Crippen LogP contribution >= 0.6 is 15.9 Å². The molecule has 4 rings (SSSR count). The Labute approximate surface area is 193 Å². The summed E-state index contributed by atoms with van der Waals surface area (Å²) in [6, 6.07) is 10.9. The highest BCUT2D eigenvalue weighted by molar-refractivity contribution is 9.10. The Bertz CT molecular complexity index is 1220. The lowest BCUT2D eigenvalue weighted by molar-refractivity contribution is -0.121. The van der Waals surface area contributed by atoms with E-state index in [4.69, 9.17) is 9.15 Å². The van der Waals surface area contributed by atoms with Gasteiger partial charge in [0.2, 0.25) is 5.91 Å². The number of amides is 1. The van der Waals surface area contributed by atoms with E-state index < -0.39 is 6.23 Å². The molecule has 0 bridgehead atoms. The van der Waals surface area contributed by atoms with E-state index in [0.29, 0.717) is 22.9 Å². The fourth-order valence-corrected chi connectivity index (χ4v) is 3.67. The van der Waals surface area contributed by atoms with Gasteiger partial charge in [0.05, 0.1) is 24.7 Å². The van der Waals surface area contributed by atoms with E-state index in [9.17, 15) is 9.90 Å². The number of aryl methyl sites for hydroxylation is 1. The lowest BCUT2D eigenvalue weighted by atomic mass is 10.2. The molecule has 166 valence electrons. The molecule has 1 aliphatic rings. The fourth-order valence-electron chi connectivity index (χ4n) is 3.21. The van der Waals surface area contributed by atoms with Gasteiger partial charge in [-0.1, -0.05) is 0 Å². The van der Waals surface area contributed by atoms with Gasteiger partial charge in [0, 0.05) is 30.2 Å². The number of likely N-dealkylation sites (N-methyl/N-ethyl adjacent to an activating group) is 1. The maximum atomic E-state index is 12.8. The van der Waals surface area contributed by atoms with Gasteiger partial charge in [-0.25, -0.2) is 4.98 Å². The maximum Gasteiger partial charge on any atom is 0.248 e. The molecule has 0 aliphatic carbocycles. The van der Waals surface area contributed by atoms with Crippen LogP contribution in [-0.2, 0) is 4.79 Å².